The van der Waals surface area contributed by atoms with Crippen LogP contribution in [-0.2, 0) is 12.6 Å². The van der Waals surface area contributed by atoms with E-state index in [0.29, 0.717) is 29.5 Å². The molecule has 1 saturated heterocycles. The molecule has 9 heteroatoms. The zero-order valence-electron chi connectivity index (χ0n) is 18.1. The monoisotopic (exact) mass is 488 g/mol. The molecule has 4 rings (SSSR count). The second kappa shape index (κ2) is 9.97. The Labute approximate surface area is 199 Å². The number of piperidine rings is 1. The Balaban J connectivity index is 1.38. The number of hydrogen-bond acceptors (Lipinski definition) is 5. The first-order valence-electron chi connectivity index (χ1n) is 10.8. The molecule has 1 fully saturated rings. The van der Waals surface area contributed by atoms with Crippen LogP contribution in [0.2, 0.25) is 0 Å². The van der Waals surface area contributed by atoms with E-state index in [1.807, 2.05) is 6.07 Å². The Bertz CT molecular complexity index is 1180. The lowest BCUT2D eigenvalue weighted by molar-refractivity contribution is -0.137. The van der Waals surface area contributed by atoms with Gasteiger partial charge < -0.3 is 15.1 Å². The largest absolute Gasteiger partial charge is 0.508 e. The predicted octanol–water partition coefficient (Wildman–Crippen LogP) is 5.76. The Hall–Kier alpha value is -3.20. The third-order valence-corrected chi connectivity index (χ3v) is 6.80. The van der Waals surface area contributed by atoms with Gasteiger partial charge in [0, 0.05) is 24.8 Å². The van der Waals surface area contributed by atoms with Crippen molar-refractivity contribution in [2.24, 2.45) is 5.92 Å². The number of benzene rings is 2. The molecule has 1 amide bonds. The Morgan fingerprint density at radius 1 is 1.06 bits per heavy atom. The van der Waals surface area contributed by atoms with Gasteiger partial charge in [-0.3, -0.25) is 4.79 Å². The van der Waals surface area contributed by atoms with Crippen molar-refractivity contribution < 1.29 is 28.2 Å². The summed E-state index contributed by atoms with van der Waals surface area (Å²) >= 11 is 0.989. The number of likely N-dealkylation sites (tertiary alicyclic amines) is 1. The molecule has 0 aliphatic carbocycles. The van der Waals surface area contributed by atoms with E-state index in [2.05, 4.69) is 4.98 Å². The summed E-state index contributed by atoms with van der Waals surface area (Å²) in [7, 11) is 0. The van der Waals surface area contributed by atoms with Gasteiger partial charge in [-0.25, -0.2) is 4.98 Å². The van der Waals surface area contributed by atoms with Crippen LogP contribution < -0.4 is 0 Å². The lowest BCUT2D eigenvalue weighted by Crippen LogP contribution is -2.38. The van der Waals surface area contributed by atoms with Gasteiger partial charge in [0.1, 0.15) is 16.5 Å². The number of alkyl halides is 3. The number of rotatable bonds is 5. The van der Waals surface area contributed by atoms with E-state index in [-0.39, 0.29) is 22.4 Å². The smallest absolute Gasteiger partial charge is 0.416 e. The van der Waals surface area contributed by atoms with Crippen LogP contribution >= 0.6 is 11.8 Å². The normalized spacial score (nSPS) is 14.9. The summed E-state index contributed by atoms with van der Waals surface area (Å²) in [5, 5.41) is 20.0. The van der Waals surface area contributed by atoms with E-state index >= 15 is 0 Å². The summed E-state index contributed by atoms with van der Waals surface area (Å²) < 4.78 is 38.9. The van der Waals surface area contributed by atoms with Crippen molar-refractivity contribution in [1.82, 2.24) is 9.88 Å². The molecule has 0 atom stereocenters. The van der Waals surface area contributed by atoms with E-state index in [9.17, 15) is 28.2 Å². The minimum atomic E-state index is -4.46. The number of phenols is 2. The summed E-state index contributed by atoms with van der Waals surface area (Å²) in [5.41, 5.74) is 0.638. The lowest BCUT2D eigenvalue weighted by atomic mass is 9.90. The highest BCUT2D eigenvalue weighted by Gasteiger charge is 2.31. The number of phenolic OH excluding ortho intramolecular Hbond substituents is 2. The molecule has 0 bridgehead atoms. The molecule has 0 radical (unpaired) electrons. The number of carbonyl (C=O) groups is 1. The molecule has 1 aliphatic heterocycles. The zero-order chi connectivity index (χ0) is 24.3. The summed E-state index contributed by atoms with van der Waals surface area (Å²) in [4.78, 5) is 18.9. The van der Waals surface area contributed by atoms with Gasteiger partial charge in [0.2, 0.25) is 0 Å². The fraction of sp³-hybridized carbons (Fsp3) is 0.280. The van der Waals surface area contributed by atoms with Gasteiger partial charge in [-0.2, -0.15) is 13.2 Å². The van der Waals surface area contributed by atoms with Crippen LogP contribution in [-0.4, -0.2) is 39.1 Å². The maximum atomic E-state index is 13.0. The van der Waals surface area contributed by atoms with Crippen LogP contribution in [0.25, 0.3) is 0 Å². The quantitative estimate of drug-likeness (QED) is 0.478. The van der Waals surface area contributed by atoms with Crippen LogP contribution in [0.5, 0.6) is 11.5 Å². The van der Waals surface area contributed by atoms with E-state index in [0.717, 1.165) is 54.9 Å². The molecule has 178 valence electrons. The molecular weight excluding hydrogens is 465 g/mol. The molecule has 3 aromatic rings. The Kier molecular flexibility index (Phi) is 7.02. The van der Waals surface area contributed by atoms with Crippen molar-refractivity contribution in [2.75, 3.05) is 13.1 Å². The summed E-state index contributed by atoms with van der Waals surface area (Å²) in [6.45, 7) is 1.21. The number of pyridine rings is 1. The van der Waals surface area contributed by atoms with Crippen molar-refractivity contribution in [2.45, 2.75) is 35.4 Å². The molecule has 2 heterocycles. The Morgan fingerprint density at radius 3 is 2.53 bits per heavy atom. The molecule has 0 saturated carbocycles. The SMILES string of the molecule is O=C(c1cccc(O)c1)N1CCC(Cc2ccc(O)c(Sc3cc(C(F)(F)F)ccn3)c2)CC1. The van der Waals surface area contributed by atoms with Crippen molar-refractivity contribution in [3.63, 3.8) is 0 Å². The number of carbonyl (C=O) groups excluding carboxylic acids is 1. The zero-order valence-corrected chi connectivity index (χ0v) is 18.9. The van der Waals surface area contributed by atoms with Gasteiger partial charge in [-0.05, 0) is 73.2 Å². The molecule has 2 aromatic carbocycles. The maximum absolute atomic E-state index is 13.0. The minimum absolute atomic E-state index is 0.0144. The van der Waals surface area contributed by atoms with E-state index in [1.54, 1.807) is 29.2 Å². The molecule has 0 unspecified atom stereocenters. The number of amides is 1. The standard InChI is InChI=1S/C25H23F3N2O3S/c26-25(27,28)19-6-9-29-23(15-19)34-22-13-17(4-5-21(22)32)12-16-7-10-30(11-8-16)24(33)18-2-1-3-20(31)14-18/h1-6,9,13-16,31-32H,7-8,10-12H2. The summed E-state index contributed by atoms with van der Waals surface area (Å²) in [6.07, 6.45) is -0.999. The van der Waals surface area contributed by atoms with Crippen LogP contribution in [0.1, 0.15) is 34.3 Å². The molecule has 1 aliphatic rings. The minimum Gasteiger partial charge on any atom is -0.508 e. The molecule has 1 aromatic heterocycles. The van der Waals surface area contributed by atoms with Gasteiger partial charge in [0.25, 0.3) is 5.91 Å². The maximum Gasteiger partial charge on any atom is 0.416 e. The highest BCUT2D eigenvalue weighted by atomic mass is 32.2. The number of halogens is 3. The number of aromatic hydroxyl groups is 2. The Morgan fingerprint density at radius 2 is 1.82 bits per heavy atom. The number of aromatic nitrogens is 1. The molecule has 0 spiro atoms. The first kappa shape index (κ1) is 23.9. The van der Waals surface area contributed by atoms with Crippen LogP contribution in [0, 0.1) is 5.92 Å². The fourth-order valence-electron chi connectivity index (χ4n) is 4.02. The first-order valence-corrected chi connectivity index (χ1v) is 11.6. The van der Waals surface area contributed by atoms with Crippen molar-refractivity contribution in [3.8, 4) is 11.5 Å². The number of hydrogen-bond donors (Lipinski definition) is 2. The summed E-state index contributed by atoms with van der Waals surface area (Å²) in [5.74, 6) is 0.273. The van der Waals surface area contributed by atoms with Gasteiger partial charge in [-0.15, -0.1) is 0 Å². The summed E-state index contributed by atoms with van der Waals surface area (Å²) in [6, 6.07) is 13.3. The number of nitrogens with zero attached hydrogens (tertiary/aromatic N) is 2. The second-order valence-electron chi connectivity index (χ2n) is 8.27. The predicted molar refractivity (Wildman–Crippen MR) is 122 cm³/mol. The van der Waals surface area contributed by atoms with Crippen molar-refractivity contribution in [3.05, 3.63) is 77.5 Å². The third kappa shape index (κ3) is 5.83. The van der Waals surface area contributed by atoms with E-state index in [1.165, 1.54) is 12.1 Å². The topological polar surface area (TPSA) is 73.7 Å². The van der Waals surface area contributed by atoms with Gasteiger partial charge in [0.15, 0.2) is 0 Å². The van der Waals surface area contributed by atoms with E-state index < -0.39 is 11.7 Å². The third-order valence-electron chi connectivity index (χ3n) is 5.82. The van der Waals surface area contributed by atoms with Crippen molar-refractivity contribution in [1.29, 1.82) is 0 Å². The fourth-order valence-corrected chi connectivity index (χ4v) is 4.92. The van der Waals surface area contributed by atoms with Gasteiger partial charge >= 0.3 is 6.18 Å². The second-order valence-corrected chi connectivity index (χ2v) is 9.34. The van der Waals surface area contributed by atoms with Crippen molar-refractivity contribution >= 4 is 17.7 Å². The highest BCUT2D eigenvalue weighted by Crippen LogP contribution is 2.37. The molecule has 34 heavy (non-hydrogen) atoms. The molecule has 2 N–H and O–H groups in total. The first-order chi connectivity index (χ1) is 16.2. The molecular formula is C25H23F3N2O3S. The van der Waals surface area contributed by atoms with E-state index in [4.69, 9.17) is 0 Å². The van der Waals surface area contributed by atoms with Crippen LogP contribution in [0.4, 0.5) is 13.2 Å². The van der Waals surface area contributed by atoms with Gasteiger partial charge in [0.05, 0.1) is 10.5 Å². The molecule has 5 nitrogen and oxygen atoms in total. The highest BCUT2D eigenvalue weighted by molar-refractivity contribution is 7.99. The van der Waals surface area contributed by atoms with Gasteiger partial charge in [-0.1, -0.05) is 23.9 Å². The van der Waals surface area contributed by atoms with Crippen LogP contribution in [0.3, 0.4) is 0 Å². The average Bonchev–Trinajstić information content (AvgIpc) is 2.81. The lowest BCUT2D eigenvalue weighted by Gasteiger charge is -2.32. The van der Waals surface area contributed by atoms with Crippen LogP contribution in [0.15, 0.2) is 70.7 Å². The average molecular weight is 489 g/mol.